The molecule has 0 radical (unpaired) electrons. The molecule has 0 atom stereocenters. The van der Waals surface area contributed by atoms with Crippen molar-refractivity contribution in [3.05, 3.63) is 23.8 Å². The number of hydrogen-bond acceptors (Lipinski definition) is 4. The largest absolute Gasteiger partial charge is 0.252 e. The van der Waals surface area contributed by atoms with Gasteiger partial charge >= 0.3 is 0 Å². The normalized spacial score (nSPS) is 11.6. The molecule has 5 heteroatoms. The van der Waals surface area contributed by atoms with Gasteiger partial charge in [-0.25, -0.2) is 9.50 Å². The summed E-state index contributed by atoms with van der Waals surface area (Å²) in [6.07, 6.45) is 3.47. The van der Waals surface area contributed by atoms with Gasteiger partial charge in [0.25, 0.3) is 5.78 Å². The van der Waals surface area contributed by atoms with Crippen LogP contribution in [-0.4, -0.2) is 19.6 Å². The van der Waals surface area contributed by atoms with Crippen molar-refractivity contribution in [2.45, 2.75) is 26.2 Å². The van der Waals surface area contributed by atoms with Gasteiger partial charge in [0, 0.05) is 18.0 Å². The van der Waals surface area contributed by atoms with Crippen LogP contribution in [0.1, 0.15) is 25.2 Å². The van der Waals surface area contributed by atoms with Crippen LogP contribution < -0.4 is 0 Å². The lowest BCUT2D eigenvalue weighted by Crippen LogP contribution is -2.15. The van der Waals surface area contributed by atoms with Crippen molar-refractivity contribution in [2.24, 2.45) is 0 Å². The van der Waals surface area contributed by atoms with Crippen molar-refractivity contribution in [1.82, 2.24) is 19.6 Å². The summed E-state index contributed by atoms with van der Waals surface area (Å²) in [5.41, 5.74) is 0.281. The highest BCUT2D eigenvalue weighted by atomic mass is 15.3. The molecule has 2 heterocycles. The molecule has 0 fully saturated rings. The summed E-state index contributed by atoms with van der Waals surface area (Å²) in [7, 11) is 0. The van der Waals surface area contributed by atoms with E-state index < -0.39 is 5.41 Å². The molecule has 0 amide bonds. The van der Waals surface area contributed by atoms with E-state index in [-0.39, 0.29) is 0 Å². The van der Waals surface area contributed by atoms with Crippen molar-refractivity contribution >= 4 is 5.78 Å². The highest BCUT2D eigenvalue weighted by molar-refractivity contribution is 5.32. The second-order valence-electron chi connectivity index (χ2n) is 3.98. The molecule has 76 valence electrons. The quantitative estimate of drug-likeness (QED) is 0.696. The lowest BCUT2D eigenvalue weighted by molar-refractivity contribution is 0.671. The van der Waals surface area contributed by atoms with Gasteiger partial charge < -0.3 is 0 Å². The van der Waals surface area contributed by atoms with Crippen LogP contribution in [0.2, 0.25) is 0 Å². The lowest BCUT2D eigenvalue weighted by atomic mass is 9.89. The summed E-state index contributed by atoms with van der Waals surface area (Å²) in [4.78, 5) is 8.27. The Morgan fingerprint density at radius 3 is 2.87 bits per heavy atom. The smallest absolute Gasteiger partial charge is 0.219 e. The fourth-order valence-corrected chi connectivity index (χ4v) is 1.27. The zero-order valence-corrected chi connectivity index (χ0v) is 8.89. The summed E-state index contributed by atoms with van der Waals surface area (Å²) in [6.45, 7) is 5.50. The van der Waals surface area contributed by atoms with E-state index in [0.717, 1.165) is 5.56 Å². The van der Waals surface area contributed by atoms with Gasteiger partial charge in [-0.2, -0.15) is 15.3 Å². The molecule has 0 aromatic carbocycles. The van der Waals surface area contributed by atoms with Crippen LogP contribution in [0.5, 0.6) is 0 Å². The molecule has 2 aromatic rings. The number of aryl methyl sites for hydroxylation is 1. The van der Waals surface area contributed by atoms with Crippen LogP contribution in [0.3, 0.4) is 0 Å². The maximum atomic E-state index is 9.00. The fourth-order valence-electron chi connectivity index (χ4n) is 1.27. The average molecular weight is 201 g/mol. The van der Waals surface area contributed by atoms with Gasteiger partial charge in [-0.3, -0.25) is 0 Å². The van der Waals surface area contributed by atoms with E-state index in [1.165, 1.54) is 0 Å². The third-order valence-electron chi connectivity index (χ3n) is 2.30. The molecule has 0 unspecified atom stereocenters. The summed E-state index contributed by atoms with van der Waals surface area (Å²) in [5, 5.41) is 13.2. The van der Waals surface area contributed by atoms with Crippen LogP contribution in [0.4, 0.5) is 0 Å². The van der Waals surface area contributed by atoms with Crippen LogP contribution >= 0.6 is 0 Å². The maximum absolute atomic E-state index is 9.00. The van der Waals surface area contributed by atoms with E-state index in [9.17, 15) is 0 Å². The molecular formula is C10H11N5. The predicted molar refractivity (Wildman–Crippen MR) is 54.2 cm³/mol. The SMILES string of the molecule is Cc1nc2ncc(C(C)(C)C#N)cn2n1. The highest BCUT2D eigenvalue weighted by Gasteiger charge is 2.21. The second-order valence-corrected chi connectivity index (χ2v) is 3.98. The first-order valence-electron chi connectivity index (χ1n) is 4.64. The van der Waals surface area contributed by atoms with Crippen molar-refractivity contribution < 1.29 is 0 Å². The number of aromatic nitrogens is 4. The minimum Gasteiger partial charge on any atom is -0.219 e. The van der Waals surface area contributed by atoms with Gasteiger partial charge in [0.1, 0.15) is 5.82 Å². The van der Waals surface area contributed by atoms with Gasteiger partial charge in [-0.05, 0) is 20.8 Å². The topological polar surface area (TPSA) is 66.9 Å². The monoisotopic (exact) mass is 201 g/mol. The molecular weight excluding hydrogens is 190 g/mol. The third kappa shape index (κ3) is 1.54. The zero-order valence-electron chi connectivity index (χ0n) is 8.89. The van der Waals surface area contributed by atoms with Crippen molar-refractivity contribution in [3.8, 4) is 6.07 Å². The van der Waals surface area contributed by atoms with Crippen LogP contribution in [0, 0.1) is 18.3 Å². The Hall–Kier alpha value is -1.96. The Morgan fingerprint density at radius 2 is 2.20 bits per heavy atom. The molecule has 0 saturated carbocycles. The van der Waals surface area contributed by atoms with Crippen molar-refractivity contribution in [3.63, 3.8) is 0 Å². The average Bonchev–Trinajstić information content (AvgIpc) is 2.56. The highest BCUT2D eigenvalue weighted by Crippen LogP contribution is 2.20. The third-order valence-corrected chi connectivity index (χ3v) is 2.30. The molecule has 15 heavy (non-hydrogen) atoms. The van der Waals surface area contributed by atoms with Gasteiger partial charge in [-0.1, -0.05) is 0 Å². The standard InChI is InChI=1S/C10H11N5/c1-7-13-9-12-4-8(5-15(9)14-7)10(2,3)6-11/h4-5H,1-3H3. The molecule has 2 aromatic heterocycles. The van der Waals surface area contributed by atoms with Crippen LogP contribution in [-0.2, 0) is 5.41 Å². The summed E-state index contributed by atoms with van der Waals surface area (Å²) in [6, 6.07) is 2.23. The van der Waals surface area contributed by atoms with Crippen molar-refractivity contribution in [2.75, 3.05) is 0 Å². The number of nitriles is 1. The second kappa shape index (κ2) is 3.02. The molecule has 0 aliphatic heterocycles. The van der Waals surface area contributed by atoms with E-state index in [4.69, 9.17) is 5.26 Å². The Balaban J connectivity index is 2.62. The Kier molecular flexibility index (Phi) is 1.93. The first kappa shape index (κ1) is 9.59. The number of rotatable bonds is 1. The molecule has 0 aliphatic carbocycles. The van der Waals surface area contributed by atoms with E-state index in [1.54, 1.807) is 16.9 Å². The van der Waals surface area contributed by atoms with Gasteiger partial charge in [0.2, 0.25) is 0 Å². The summed E-state index contributed by atoms with van der Waals surface area (Å²) in [5.74, 6) is 1.24. The molecule has 5 nitrogen and oxygen atoms in total. The molecule has 0 aliphatic rings. The Bertz CT molecular complexity index is 546. The van der Waals surface area contributed by atoms with Gasteiger partial charge in [-0.15, -0.1) is 0 Å². The Labute approximate surface area is 87.4 Å². The predicted octanol–water partition coefficient (Wildman–Crippen LogP) is 1.23. The first-order chi connectivity index (χ1) is 7.03. The zero-order chi connectivity index (χ0) is 11.1. The summed E-state index contributed by atoms with van der Waals surface area (Å²) >= 11 is 0. The van der Waals surface area contributed by atoms with E-state index in [2.05, 4.69) is 21.1 Å². The molecule has 0 bridgehead atoms. The maximum Gasteiger partial charge on any atom is 0.252 e. The van der Waals surface area contributed by atoms with Crippen LogP contribution in [0.25, 0.3) is 5.78 Å². The van der Waals surface area contributed by atoms with Gasteiger partial charge in [0.15, 0.2) is 0 Å². The van der Waals surface area contributed by atoms with Crippen molar-refractivity contribution in [1.29, 1.82) is 5.26 Å². The number of fused-ring (bicyclic) bond motifs is 1. The minimum absolute atomic E-state index is 0.555. The Morgan fingerprint density at radius 1 is 1.47 bits per heavy atom. The van der Waals surface area contributed by atoms with E-state index in [1.807, 2.05) is 20.8 Å². The molecule has 0 spiro atoms. The first-order valence-corrected chi connectivity index (χ1v) is 4.64. The minimum atomic E-state index is -0.555. The van der Waals surface area contributed by atoms with Gasteiger partial charge in [0.05, 0.1) is 11.5 Å². The van der Waals surface area contributed by atoms with E-state index in [0.29, 0.717) is 11.6 Å². The lowest BCUT2D eigenvalue weighted by Gasteiger charge is -2.14. The molecule has 2 rings (SSSR count). The van der Waals surface area contributed by atoms with E-state index >= 15 is 0 Å². The number of hydrogen-bond donors (Lipinski definition) is 0. The summed E-state index contributed by atoms with van der Waals surface area (Å²) < 4.78 is 1.60. The molecule has 0 saturated heterocycles. The molecule has 0 N–H and O–H groups in total. The number of nitrogens with zero attached hydrogens (tertiary/aromatic N) is 5. The fraction of sp³-hybridized carbons (Fsp3) is 0.400. The van der Waals surface area contributed by atoms with Crippen LogP contribution in [0.15, 0.2) is 12.4 Å².